The largest absolute Gasteiger partial charge is 0.486 e. The highest BCUT2D eigenvalue weighted by Gasteiger charge is 2.29. The smallest absolute Gasteiger partial charge is 0.173 e. The third kappa shape index (κ3) is 2.78. The highest BCUT2D eigenvalue weighted by Crippen LogP contribution is 2.30. The van der Waals surface area contributed by atoms with E-state index in [1.165, 1.54) is 18.2 Å². The van der Waals surface area contributed by atoms with E-state index in [4.69, 9.17) is 4.74 Å². The van der Waals surface area contributed by atoms with Crippen molar-refractivity contribution >= 4 is 21.7 Å². The lowest BCUT2D eigenvalue weighted by atomic mass is 10.3. The Morgan fingerprint density at radius 1 is 1.53 bits per heavy atom. The van der Waals surface area contributed by atoms with Gasteiger partial charge in [0.15, 0.2) is 5.78 Å². The highest BCUT2D eigenvalue weighted by molar-refractivity contribution is 9.10. The monoisotopic (exact) mass is 272 g/mol. The van der Waals surface area contributed by atoms with Gasteiger partial charge in [0.2, 0.25) is 0 Å². The molecule has 0 spiro atoms. The second-order valence-corrected chi connectivity index (χ2v) is 4.46. The van der Waals surface area contributed by atoms with Crippen molar-refractivity contribution in [1.82, 2.24) is 0 Å². The minimum Gasteiger partial charge on any atom is -0.486 e. The van der Waals surface area contributed by atoms with Crippen LogP contribution in [0.1, 0.15) is 12.8 Å². The first-order valence-electron chi connectivity index (χ1n) is 4.77. The normalized spacial score (nSPS) is 15.1. The van der Waals surface area contributed by atoms with Crippen LogP contribution in [0.25, 0.3) is 0 Å². The van der Waals surface area contributed by atoms with Gasteiger partial charge in [0, 0.05) is 5.92 Å². The molecule has 1 aliphatic carbocycles. The molecule has 0 bridgehead atoms. The molecule has 1 aromatic carbocycles. The second-order valence-electron chi connectivity index (χ2n) is 3.61. The van der Waals surface area contributed by atoms with E-state index < -0.39 is 0 Å². The van der Waals surface area contributed by atoms with Crippen LogP contribution in [0.15, 0.2) is 22.7 Å². The summed E-state index contributed by atoms with van der Waals surface area (Å²) < 4.78 is 18.5. The number of hydrogen-bond acceptors (Lipinski definition) is 2. The van der Waals surface area contributed by atoms with Crippen LogP contribution >= 0.6 is 15.9 Å². The standard InChI is InChI=1S/C11H10BrFO2/c12-9-5-8(3-4-10(9)13)15-6-11(14)7-1-2-7/h3-5,7H,1-2,6H2. The molecule has 1 fully saturated rings. The van der Waals surface area contributed by atoms with Gasteiger partial charge >= 0.3 is 0 Å². The van der Waals surface area contributed by atoms with Gasteiger partial charge in [-0.15, -0.1) is 0 Å². The third-order valence-electron chi connectivity index (χ3n) is 2.30. The summed E-state index contributed by atoms with van der Waals surface area (Å²) in [6.07, 6.45) is 1.96. The minimum atomic E-state index is -0.337. The summed E-state index contributed by atoms with van der Waals surface area (Å²) >= 11 is 3.05. The van der Waals surface area contributed by atoms with Crippen LogP contribution < -0.4 is 4.74 Å². The average Bonchev–Trinajstić information content (AvgIpc) is 3.03. The molecule has 0 aromatic heterocycles. The number of Topliss-reactive ketones (excluding diaryl/α,β-unsaturated/α-hetero) is 1. The van der Waals surface area contributed by atoms with Crippen LogP contribution in [0.2, 0.25) is 0 Å². The Hall–Kier alpha value is -0.900. The van der Waals surface area contributed by atoms with Crippen molar-refractivity contribution in [2.45, 2.75) is 12.8 Å². The number of benzene rings is 1. The Labute approximate surface area is 95.6 Å². The molecule has 1 aromatic rings. The van der Waals surface area contributed by atoms with Crippen molar-refractivity contribution in [3.8, 4) is 5.75 Å². The summed E-state index contributed by atoms with van der Waals surface area (Å²) in [4.78, 5) is 11.3. The molecule has 0 aliphatic heterocycles. The SMILES string of the molecule is O=C(COc1ccc(F)c(Br)c1)C1CC1. The van der Waals surface area contributed by atoms with Gasteiger partial charge in [-0.2, -0.15) is 0 Å². The molecule has 1 aliphatic rings. The van der Waals surface area contributed by atoms with Gasteiger partial charge in [-0.3, -0.25) is 4.79 Å². The van der Waals surface area contributed by atoms with Crippen molar-refractivity contribution in [3.63, 3.8) is 0 Å². The van der Waals surface area contributed by atoms with Crippen LogP contribution in [-0.2, 0) is 4.79 Å². The van der Waals surface area contributed by atoms with E-state index >= 15 is 0 Å². The molecule has 1 saturated carbocycles. The molecule has 0 amide bonds. The fraction of sp³-hybridized carbons (Fsp3) is 0.364. The topological polar surface area (TPSA) is 26.3 Å². The van der Waals surface area contributed by atoms with Crippen molar-refractivity contribution in [2.75, 3.05) is 6.61 Å². The quantitative estimate of drug-likeness (QED) is 0.843. The van der Waals surface area contributed by atoms with E-state index in [9.17, 15) is 9.18 Å². The van der Waals surface area contributed by atoms with Crippen molar-refractivity contribution in [1.29, 1.82) is 0 Å². The van der Waals surface area contributed by atoms with Gasteiger partial charge in [0.25, 0.3) is 0 Å². The number of halogens is 2. The first-order valence-corrected chi connectivity index (χ1v) is 5.56. The average molecular weight is 273 g/mol. The molecule has 0 N–H and O–H groups in total. The fourth-order valence-electron chi connectivity index (χ4n) is 1.24. The molecule has 2 rings (SSSR count). The summed E-state index contributed by atoms with van der Waals surface area (Å²) in [7, 11) is 0. The Kier molecular flexibility index (Phi) is 3.05. The van der Waals surface area contributed by atoms with Gasteiger partial charge in [-0.1, -0.05) is 0 Å². The first kappa shape index (κ1) is 10.6. The van der Waals surface area contributed by atoms with Crippen molar-refractivity contribution in [3.05, 3.63) is 28.5 Å². The lowest BCUT2D eigenvalue weighted by Gasteiger charge is -2.05. The van der Waals surface area contributed by atoms with Gasteiger partial charge in [0.05, 0.1) is 4.47 Å². The molecular weight excluding hydrogens is 263 g/mol. The lowest BCUT2D eigenvalue weighted by molar-refractivity contribution is -0.122. The number of hydrogen-bond donors (Lipinski definition) is 0. The molecule has 2 nitrogen and oxygen atoms in total. The molecule has 0 atom stereocenters. The number of ketones is 1. The molecule has 0 radical (unpaired) electrons. The van der Waals surface area contributed by atoms with Crippen molar-refractivity contribution in [2.24, 2.45) is 5.92 Å². The van der Waals surface area contributed by atoms with E-state index in [-0.39, 0.29) is 24.1 Å². The lowest BCUT2D eigenvalue weighted by Crippen LogP contribution is -2.12. The molecular formula is C11H10BrFO2. The zero-order valence-electron chi connectivity index (χ0n) is 8.00. The molecule has 0 saturated heterocycles. The Balaban J connectivity index is 1.92. The van der Waals surface area contributed by atoms with Gasteiger partial charge in [-0.05, 0) is 47.0 Å². The Morgan fingerprint density at radius 3 is 2.87 bits per heavy atom. The predicted octanol–water partition coefficient (Wildman–Crippen LogP) is 2.95. The zero-order chi connectivity index (χ0) is 10.8. The van der Waals surface area contributed by atoms with Crippen LogP contribution in [0.5, 0.6) is 5.75 Å². The van der Waals surface area contributed by atoms with Crippen LogP contribution in [0.3, 0.4) is 0 Å². The summed E-state index contributed by atoms with van der Waals surface area (Å²) in [6, 6.07) is 4.34. The maximum Gasteiger partial charge on any atom is 0.173 e. The molecule has 0 heterocycles. The van der Waals surface area contributed by atoms with E-state index in [1.54, 1.807) is 0 Å². The van der Waals surface area contributed by atoms with Crippen molar-refractivity contribution < 1.29 is 13.9 Å². The Morgan fingerprint density at radius 2 is 2.27 bits per heavy atom. The molecule has 0 unspecified atom stereocenters. The van der Waals surface area contributed by atoms with Gasteiger partial charge < -0.3 is 4.74 Å². The van der Waals surface area contributed by atoms with Crippen LogP contribution in [0.4, 0.5) is 4.39 Å². The summed E-state index contributed by atoms with van der Waals surface area (Å²) in [5, 5.41) is 0. The maximum absolute atomic E-state index is 12.9. The van der Waals surface area contributed by atoms with Crippen LogP contribution in [0, 0.1) is 11.7 Å². The number of carbonyl (C=O) groups is 1. The van der Waals surface area contributed by atoms with E-state index in [2.05, 4.69) is 15.9 Å². The van der Waals surface area contributed by atoms with Gasteiger partial charge in [0.1, 0.15) is 18.2 Å². The highest BCUT2D eigenvalue weighted by atomic mass is 79.9. The molecule has 4 heteroatoms. The first-order chi connectivity index (χ1) is 7.16. The second kappa shape index (κ2) is 4.31. The van der Waals surface area contributed by atoms with E-state index in [1.807, 2.05) is 0 Å². The summed E-state index contributed by atoms with van der Waals surface area (Å²) in [5.41, 5.74) is 0. The molecule has 15 heavy (non-hydrogen) atoms. The zero-order valence-corrected chi connectivity index (χ0v) is 9.59. The van der Waals surface area contributed by atoms with Gasteiger partial charge in [-0.25, -0.2) is 4.39 Å². The van der Waals surface area contributed by atoms with Crippen LogP contribution in [-0.4, -0.2) is 12.4 Å². The molecule has 80 valence electrons. The van der Waals surface area contributed by atoms with E-state index in [0.717, 1.165) is 12.8 Å². The summed E-state index contributed by atoms with van der Waals surface area (Å²) in [5.74, 6) is 0.512. The Bertz CT molecular complexity index is 388. The summed E-state index contributed by atoms with van der Waals surface area (Å²) in [6.45, 7) is 0.0861. The minimum absolute atomic E-state index is 0.0861. The predicted molar refractivity (Wildman–Crippen MR) is 57.3 cm³/mol. The number of carbonyl (C=O) groups excluding carboxylic acids is 1. The third-order valence-corrected chi connectivity index (χ3v) is 2.91. The van der Waals surface area contributed by atoms with E-state index in [0.29, 0.717) is 10.2 Å². The number of ether oxygens (including phenoxy) is 1. The fourth-order valence-corrected chi connectivity index (χ4v) is 1.60. The number of rotatable bonds is 4. The maximum atomic E-state index is 12.9.